The molecule has 0 bridgehead atoms. The summed E-state index contributed by atoms with van der Waals surface area (Å²) in [6.45, 7) is 11.3. The highest BCUT2D eigenvalue weighted by Crippen LogP contribution is 2.17. The van der Waals surface area contributed by atoms with Gasteiger partial charge in [0.25, 0.3) is 0 Å². The van der Waals surface area contributed by atoms with Gasteiger partial charge in [0.05, 0.1) is 0 Å². The first-order valence-corrected chi connectivity index (χ1v) is 23.7. The molecule has 0 fully saturated rings. The lowest BCUT2D eigenvalue weighted by Crippen LogP contribution is -2.30. The van der Waals surface area contributed by atoms with Crippen LogP contribution in [-0.4, -0.2) is 37.2 Å². The van der Waals surface area contributed by atoms with Crippen molar-refractivity contribution in [2.45, 2.75) is 265 Å². The van der Waals surface area contributed by atoms with Gasteiger partial charge in [-0.3, -0.25) is 14.4 Å². The van der Waals surface area contributed by atoms with Crippen molar-refractivity contribution in [3.63, 3.8) is 0 Å². The van der Waals surface area contributed by atoms with Crippen molar-refractivity contribution < 1.29 is 28.6 Å². The molecular weight excluding hydrogens is 673 g/mol. The van der Waals surface area contributed by atoms with Crippen LogP contribution in [0.25, 0.3) is 0 Å². The summed E-state index contributed by atoms with van der Waals surface area (Å²) in [4.78, 5) is 37.7. The summed E-state index contributed by atoms with van der Waals surface area (Å²) in [6.07, 6.45) is 39.4. The predicted molar refractivity (Wildman–Crippen MR) is 229 cm³/mol. The Labute approximate surface area is 336 Å². The van der Waals surface area contributed by atoms with E-state index in [1.807, 2.05) is 0 Å². The molecule has 0 radical (unpaired) electrons. The summed E-state index contributed by atoms with van der Waals surface area (Å²) in [5.41, 5.74) is 0. The van der Waals surface area contributed by atoms with Crippen LogP contribution >= 0.6 is 0 Å². The van der Waals surface area contributed by atoms with E-state index < -0.39 is 6.10 Å². The molecule has 0 aliphatic carbocycles. The first kappa shape index (κ1) is 52.4. The molecule has 0 heterocycles. The zero-order valence-corrected chi connectivity index (χ0v) is 36.8. The number of ether oxygens (including phenoxy) is 3. The SMILES string of the molecule is CCCCCCCCCCCCC(=O)OC[C@@H](COC(=O)CCCCCCCCCCCCCC(C)C)OC(=O)CCCCCCCCCCCC(C)C. The normalized spacial score (nSPS) is 12.1. The molecule has 0 amide bonds. The molecule has 0 aromatic rings. The molecule has 6 heteroatoms. The molecule has 0 saturated heterocycles. The van der Waals surface area contributed by atoms with Crippen molar-refractivity contribution in [3.05, 3.63) is 0 Å². The Kier molecular flexibility index (Phi) is 39.8. The first-order chi connectivity index (χ1) is 26.2. The molecule has 0 aromatic heterocycles. The zero-order chi connectivity index (χ0) is 39.7. The second kappa shape index (κ2) is 41.1. The van der Waals surface area contributed by atoms with E-state index >= 15 is 0 Å². The third kappa shape index (κ3) is 41.6. The fourth-order valence-corrected chi connectivity index (χ4v) is 7.11. The number of hydrogen-bond acceptors (Lipinski definition) is 6. The summed E-state index contributed by atoms with van der Waals surface area (Å²) in [6, 6.07) is 0. The Bertz CT molecular complexity index is 824. The molecule has 0 aliphatic heterocycles. The van der Waals surface area contributed by atoms with E-state index in [-0.39, 0.29) is 31.1 Å². The van der Waals surface area contributed by atoms with Crippen molar-refractivity contribution in [2.24, 2.45) is 11.8 Å². The van der Waals surface area contributed by atoms with E-state index in [0.29, 0.717) is 19.3 Å². The summed E-state index contributed by atoms with van der Waals surface area (Å²) < 4.78 is 16.7. The molecule has 0 aliphatic rings. The van der Waals surface area contributed by atoms with Crippen LogP contribution in [0.1, 0.15) is 259 Å². The van der Waals surface area contributed by atoms with Gasteiger partial charge in [0.15, 0.2) is 6.10 Å². The second-order valence-corrected chi connectivity index (χ2v) is 17.3. The van der Waals surface area contributed by atoms with Gasteiger partial charge in [0.1, 0.15) is 13.2 Å². The highest BCUT2D eigenvalue weighted by Gasteiger charge is 2.19. The number of carbonyl (C=O) groups is 3. The molecule has 1 atom stereocenters. The van der Waals surface area contributed by atoms with Crippen molar-refractivity contribution in [2.75, 3.05) is 13.2 Å². The summed E-state index contributed by atoms with van der Waals surface area (Å²) in [5, 5.41) is 0. The molecule has 0 N–H and O–H groups in total. The molecule has 0 rings (SSSR count). The van der Waals surface area contributed by atoms with Gasteiger partial charge in [-0.15, -0.1) is 0 Å². The first-order valence-electron chi connectivity index (χ1n) is 23.7. The van der Waals surface area contributed by atoms with Crippen LogP contribution in [0.2, 0.25) is 0 Å². The lowest BCUT2D eigenvalue weighted by Gasteiger charge is -2.18. The molecule has 320 valence electrons. The fourth-order valence-electron chi connectivity index (χ4n) is 7.11. The van der Waals surface area contributed by atoms with Gasteiger partial charge in [-0.2, -0.15) is 0 Å². The Morgan fingerprint density at radius 2 is 0.611 bits per heavy atom. The van der Waals surface area contributed by atoms with Crippen LogP contribution in [0.5, 0.6) is 0 Å². The van der Waals surface area contributed by atoms with Crippen LogP contribution in [0.15, 0.2) is 0 Å². The zero-order valence-electron chi connectivity index (χ0n) is 36.8. The van der Waals surface area contributed by atoms with E-state index in [2.05, 4.69) is 34.6 Å². The minimum absolute atomic E-state index is 0.0647. The largest absolute Gasteiger partial charge is 0.462 e. The van der Waals surface area contributed by atoms with Crippen molar-refractivity contribution in [3.8, 4) is 0 Å². The Hall–Kier alpha value is -1.59. The lowest BCUT2D eigenvalue weighted by molar-refractivity contribution is -0.167. The maximum Gasteiger partial charge on any atom is 0.306 e. The lowest BCUT2D eigenvalue weighted by atomic mass is 10.0. The van der Waals surface area contributed by atoms with Gasteiger partial charge in [-0.1, -0.05) is 221 Å². The van der Waals surface area contributed by atoms with Crippen LogP contribution in [0.3, 0.4) is 0 Å². The van der Waals surface area contributed by atoms with Crippen LogP contribution in [0, 0.1) is 11.8 Å². The molecule has 0 aromatic carbocycles. The number of esters is 3. The monoisotopic (exact) mass is 765 g/mol. The number of rotatable bonds is 42. The average Bonchev–Trinajstić information content (AvgIpc) is 3.14. The molecule has 54 heavy (non-hydrogen) atoms. The van der Waals surface area contributed by atoms with Gasteiger partial charge in [0.2, 0.25) is 0 Å². The van der Waals surface area contributed by atoms with Crippen LogP contribution in [0.4, 0.5) is 0 Å². The van der Waals surface area contributed by atoms with Gasteiger partial charge in [-0.25, -0.2) is 0 Å². The van der Waals surface area contributed by atoms with Gasteiger partial charge >= 0.3 is 17.9 Å². The Morgan fingerprint density at radius 1 is 0.352 bits per heavy atom. The van der Waals surface area contributed by atoms with Gasteiger partial charge in [0, 0.05) is 19.3 Å². The summed E-state index contributed by atoms with van der Waals surface area (Å²) in [7, 11) is 0. The Balaban J connectivity index is 4.32. The van der Waals surface area contributed by atoms with Crippen molar-refractivity contribution >= 4 is 17.9 Å². The van der Waals surface area contributed by atoms with Crippen LogP contribution in [-0.2, 0) is 28.6 Å². The smallest absolute Gasteiger partial charge is 0.306 e. The maximum atomic E-state index is 12.7. The predicted octanol–water partition coefficient (Wildman–Crippen LogP) is 15.0. The standard InChI is InChI=1S/C48H92O6/c1-6-7-8-9-10-11-18-23-28-33-38-46(49)52-41-45(54-48(51)40-35-30-25-20-15-17-22-27-32-37-44(4)5)42-53-47(50)39-34-29-24-19-14-12-13-16-21-26-31-36-43(2)3/h43-45H,6-42H2,1-5H3/t45-/m0/s1. The number of carbonyl (C=O) groups excluding carboxylic acids is 3. The third-order valence-electron chi connectivity index (χ3n) is 10.7. The van der Waals surface area contributed by atoms with Crippen molar-refractivity contribution in [1.82, 2.24) is 0 Å². The van der Waals surface area contributed by atoms with Gasteiger partial charge in [-0.05, 0) is 31.1 Å². The molecule has 0 unspecified atom stereocenters. The maximum absolute atomic E-state index is 12.7. The molecular formula is C48H92O6. The highest BCUT2D eigenvalue weighted by molar-refractivity contribution is 5.71. The molecule has 0 spiro atoms. The number of unbranched alkanes of at least 4 members (excludes halogenated alkanes) is 27. The van der Waals surface area contributed by atoms with E-state index in [4.69, 9.17) is 14.2 Å². The van der Waals surface area contributed by atoms with E-state index in [1.54, 1.807) is 0 Å². The highest BCUT2D eigenvalue weighted by atomic mass is 16.6. The topological polar surface area (TPSA) is 78.9 Å². The Morgan fingerprint density at radius 3 is 0.907 bits per heavy atom. The quantitative estimate of drug-likeness (QED) is 0.0350. The molecule has 6 nitrogen and oxygen atoms in total. The molecule has 0 saturated carbocycles. The average molecular weight is 765 g/mol. The van der Waals surface area contributed by atoms with Crippen LogP contribution < -0.4 is 0 Å². The van der Waals surface area contributed by atoms with E-state index in [9.17, 15) is 14.4 Å². The third-order valence-corrected chi connectivity index (χ3v) is 10.7. The second-order valence-electron chi connectivity index (χ2n) is 17.3. The van der Waals surface area contributed by atoms with Gasteiger partial charge < -0.3 is 14.2 Å². The summed E-state index contributed by atoms with van der Waals surface area (Å²) >= 11 is 0. The van der Waals surface area contributed by atoms with E-state index in [1.165, 1.54) is 148 Å². The summed E-state index contributed by atoms with van der Waals surface area (Å²) in [5.74, 6) is 0.776. The number of hydrogen-bond donors (Lipinski definition) is 0. The minimum Gasteiger partial charge on any atom is -0.462 e. The fraction of sp³-hybridized carbons (Fsp3) is 0.938. The van der Waals surface area contributed by atoms with E-state index in [0.717, 1.165) is 69.6 Å². The minimum atomic E-state index is -0.760. The van der Waals surface area contributed by atoms with Crippen molar-refractivity contribution in [1.29, 1.82) is 0 Å².